The SMILES string of the molecule is Cc1nc(CN(C)c2cccc(C(=N)N)c2)sc1C. The monoisotopic (exact) mass is 274 g/mol. The van der Waals surface area contributed by atoms with Crippen molar-refractivity contribution in [1.82, 2.24) is 4.98 Å². The van der Waals surface area contributed by atoms with Gasteiger partial charge in [-0.15, -0.1) is 11.3 Å². The molecule has 0 fully saturated rings. The van der Waals surface area contributed by atoms with Gasteiger partial charge in [-0.1, -0.05) is 12.1 Å². The summed E-state index contributed by atoms with van der Waals surface area (Å²) in [6, 6.07) is 7.70. The maximum absolute atomic E-state index is 7.47. The van der Waals surface area contributed by atoms with E-state index in [0.29, 0.717) is 0 Å². The van der Waals surface area contributed by atoms with Crippen molar-refractivity contribution in [2.75, 3.05) is 11.9 Å². The molecule has 0 amide bonds. The number of nitrogen functional groups attached to an aromatic ring is 1. The van der Waals surface area contributed by atoms with Crippen molar-refractivity contribution >= 4 is 22.9 Å². The van der Waals surface area contributed by atoms with Crippen LogP contribution >= 0.6 is 11.3 Å². The zero-order valence-electron chi connectivity index (χ0n) is 11.4. The number of nitrogens with two attached hydrogens (primary N) is 1. The number of thiazole rings is 1. The van der Waals surface area contributed by atoms with Crippen LogP contribution in [0.2, 0.25) is 0 Å². The van der Waals surface area contributed by atoms with Gasteiger partial charge in [0.1, 0.15) is 10.8 Å². The number of rotatable bonds is 4. The summed E-state index contributed by atoms with van der Waals surface area (Å²) in [6.45, 7) is 4.89. The molecular formula is C14H18N4S. The first kappa shape index (κ1) is 13.5. The number of nitrogens with zero attached hydrogens (tertiary/aromatic N) is 2. The van der Waals surface area contributed by atoms with E-state index in [1.54, 1.807) is 11.3 Å². The molecule has 1 aromatic carbocycles. The van der Waals surface area contributed by atoms with Crippen molar-refractivity contribution in [3.05, 3.63) is 45.4 Å². The van der Waals surface area contributed by atoms with Gasteiger partial charge >= 0.3 is 0 Å². The lowest BCUT2D eigenvalue weighted by atomic mass is 10.2. The molecule has 0 aliphatic heterocycles. The van der Waals surface area contributed by atoms with E-state index in [2.05, 4.69) is 16.8 Å². The highest BCUT2D eigenvalue weighted by Crippen LogP contribution is 2.21. The molecule has 0 radical (unpaired) electrons. The lowest BCUT2D eigenvalue weighted by Gasteiger charge is -2.18. The van der Waals surface area contributed by atoms with E-state index < -0.39 is 0 Å². The molecule has 0 saturated carbocycles. The van der Waals surface area contributed by atoms with E-state index in [9.17, 15) is 0 Å². The number of amidine groups is 1. The molecule has 19 heavy (non-hydrogen) atoms. The molecule has 3 N–H and O–H groups in total. The minimum absolute atomic E-state index is 0.0937. The van der Waals surface area contributed by atoms with Gasteiger partial charge in [-0.05, 0) is 26.0 Å². The van der Waals surface area contributed by atoms with Gasteiger partial charge in [-0.3, -0.25) is 5.41 Å². The van der Waals surface area contributed by atoms with Crippen LogP contribution in [0.5, 0.6) is 0 Å². The molecule has 0 unspecified atom stereocenters. The molecule has 1 heterocycles. The molecule has 0 aliphatic carbocycles. The molecular weight excluding hydrogens is 256 g/mol. The van der Waals surface area contributed by atoms with Gasteiger partial charge < -0.3 is 10.6 Å². The van der Waals surface area contributed by atoms with Gasteiger partial charge in [0, 0.05) is 23.2 Å². The fraction of sp³-hybridized carbons (Fsp3) is 0.286. The van der Waals surface area contributed by atoms with Gasteiger partial charge in [-0.2, -0.15) is 0 Å². The van der Waals surface area contributed by atoms with E-state index in [1.807, 2.05) is 38.2 Å². The van der Waals surface area contributed by atoms with Gasteiger partial charge in [-0.25, -0.2) is 4.98 Å². The predicted molar refractivity (Wildman–Crippen MR) is 81.2 cm³/mol. The maximum atomic E-state index is 7.47. The highest BCUT2D eigenvalue weighted by atomic mass is 32.1. The molecule has 0 bridgehead atoms. The van der Waals surface area contributed by atoms with E-state index in [4.69, 9.17) is 11.1 Å². The molecule has 0 spiro atoms. The molecule has 0 atom stereocenters. The van der Waals surface area contributed by atoms with Crippen molar-refractivity contribution in [2.45, 2.75) is 20.4 Å². The summed E-state index contributed by atoms with van der Waals surface area (Å²) in [7, 11) is 2.02. The number of nitrogens with one attached hydrogen (secondary N) is 1. The van der Waals surface area contributed by atoms with Crippen LogP contribution in [-0.4, -0.2) is 17.9 Å². The zero-order chi connectivity index (χ0) is 14.0. The Bertz CT molecular complexity index is 584. The van der Waals surface area contributed by atoms with Crippen molar-refractivity contribution < 1.29 is 0 Å². The predicted octanol–water partition coefficient (Wildman–Crippen LogP) is 2.68. The number of aromatic nitrogens is 1. The molecule has 2 aromatic rings. The van der Waals surface area contributed by atoms with E-state index in [-0.39, 0.29) is 5.84 Å². The van der Waals surface area contributed by atoms with Crippen molar-refractivity contribution in [3.63, 3.8) is 0 Å². The summed E-state index contributed by atoms with van der Waals surface area (Å²) in [5.41, 5.74) is 8.40. The van der Waals surface area contributed by atoms with Crippen LogP contribution in [-0.2, 0) is 6.54 Å². The van der Waals surface area contributed by atoms with Crippen LogP contribution in [0.4, 0.5) is 5.69 Å². The van der Waals surface area contributed by atoms with Gasteiger partial charge in [0.05, 0.1) is 12.2 Å². The number of hydrogen-bond acceptors (Lipinski definition) is 4. The number of benzene rings is 1. The molecule has 100 valence electrons. The van der Waals surface area contributed by atoms with Gasteiger partial charge in [0.25, 0.3) is 0 Å². The quantitative estimate of drug-likeness (QED) is 0.665. The van der Waals surface area contributed by atoms with Crippen LogP contribution in [0, 0.1) is 19.3 Å². The van der Waals surface area contributed by atoms with Crippen molar-refractivity contribution in [2.24, 2.45) is 5.73 Å². The lowest BCUT2D eigenvalue weighted by Crippen LogP contribution is -2.17. The topological polar surface area (TPSA) is 66.0 Å². The summed E-state index contributed by atoms with van der Waals surface area (Å²) in [5, 5.41) is 8.58. The Morgan fingerprint density at radius 3 is 2.74 bits per heavy atom. The van der Waals surface area contributed by atoms with E-state index >= 15 is 0 Å². The largest absolute Gasteiger partial charge is 0.384 e. The number of aryl methyl sites for hydroxylation is 2. The van der Waals surface area contributed by atoms with Crippen molar-refractivity contribution in [1.29, 1.82) is 5.41 Å². The second-order valence-electron chi connectivity index (χ2n) is 4.57. The Hall–Kier alpha value is -1.88. The standard InChI is InChI=1S/C14H18N4S/c1-9-10(2)19-13(17-9)8-18(3)12-6-4-5-11(7-12)14(15)16/h4-7H,8H2,1-3H3,(H3,15,16). The Morgan fingerprint density at radius 2 is 2.16 bits per heavy atom. The first-order valence-corrected chi connectivity index (χ1v) is 6.87. The van der Waals surface area contributed by atoms with Crippen LogP contribution in [0.15, 0.2) is 24.3 Å². The lowest BCUT2D eigenvalue weighted by molar-refractivity contribution is 0.904. The maximum Gasteiger partial charge on any atom is 0.122 e. The van der Waals surface area contributed by atoms with Crippen molar-refractivity contribution in [3.8, 4) is 0 Å². The fourth-order valence-electron chi connectivity index (χ4n) is 1.81. The van der Waals surface area contributed by atoms with Crippen LogP contribution in [0.3, 0.4) is 0 Å². The van der Waals surface area contributed by atoms with Gasteiger partial charge in [0.15, 0.2) is 0 Å². The minimum atomic E-state index is 0.0937. The Kier molecular flexibility index (Phi) is 3.85. The average Bonchev–Trinajstić information content (AvgIpc) is 2.68. The molecule has 1 aromatic heterocycles. The van der Waals surface area contributed by atoms with Crippen LogP contribution < -0.4 is 10.6 Å². The van der Waals surface area contributed by atoms with Crippen LogP contribution in [0.1, 0.15) is 21.1 Å². The zero-order valence-corrected chi connectivity index (χ0v) is 12.2. The Labute approximate surface area is 117 Å². The highest BCUT2D eigenvalue weighted by molar-refractivity contribution is 7.11. The number of anilines is 1. The number of hydrogen-bond donors (Lipinski definition) is 2. The average molecular weight is 274 g/mol. The summed E-state index contributed by atoms with van der Waals surface area (Å²) in [5.74, 6) is 0.0937. The molecule has 4 nitrogen and oxygen atoms in total. The summed E-state index contributed by atoms with van der Waals surface area (Å²) in [4.78, 5) is 7.92. The molecule has 0 aliphatic rings. The van der Waals surface area contributed by atoms with E-state index in [1.165, 1.54) is 4.88 Å². The smallest absolute Gasteiger partial charge is 0.122 e. The highest BCUT2D eigenvalue weighted by Gasteiger charge is 2.08. The van der Waals surface area contributed by atoms with Gasteiger partial charge in [0.2, 0.25) is 0 Å². The van der Waals surface area contributed by atoms with E-state index in [0.717, 1.165) is 28.5 Å². The van der Waals surface area contributed by atoms with Crippen LogP contribution in [0.25, 0.3) is 0 Å². The first-order chi connectivity index (χ1) is 8.97. The fourth-order valence-corrected chi connectivity index (χ4v) is 2.80. The minimum Gasteiger partial charge on any atom is -0.384 e. The normalized spacial score (nSPS) is 10.5. The summed E-state index contributed by atoms with van der Waals surface area (Å²) < 4.78 is 0. The molecule has 0 saturated heterocycles. The second kappa shape index (κ2) is 5.40. The summed E-state index contributed by atoms with van der Waals surface area (Å²) >= 11 is 1.73. The third-order valence-corrected chi connectivity index (χ3v) is 4.10. The first-order valence-electron chi connectivity index (χ1n) is 6.06. The molecule has 5 heteroatoms. The Morgan fingerprint density at radius 1 is 1.42 bits per heavy atom. The Balaban J connectivity index is 2.17. The molecule has 2 rings (SSSR count). The third-order valence-electron chi connectivity index (χ3n) is 3.04. The third kappa shape index (κ3) is 3.12. The summed E-state index contributed by atoms with van der Waals surface area (Å²) in [6.07, 6.45) is 0. The second-order valence-corrected chi connectivity index (χ2v) is 5.86.